The van der Waals surface area contributed by atoms with Crippen LogP contribution >= 0.6 is 0 Å². The van der Waals surface area contributed by atoms with E-state index in [9.17, 15) is 9.59 Å². The summed E-state index contributed by atoms with van der Waals surface area (Å²) in [4.78, 5) is 38.3. The van der Waals surface area contributed by atoms with Crippen LogP contribution in [0.2, 0.25) is 0 Å². The number of hydrogen-bond donors (Lipinski definition) is 4. The normalized spacial score (nSPS) is 25.4. The predicted octanol–water partition coefficient (Wildman–Crippen LogP) is 5.09. The van der Waals surface area contributed by atoms with E-state index in [1.165, 1.54) is 29.4 Å². The van der Waals surface area contributed by atoms with Crippen LogP contribution < -0.4 is 16.0 Å². The predicted molar refractivity (Wildman–Crippen MR) is 167 cm³/mol. The average molecular weight is 567 g/mol. The highest BCUT2D eigenvalue weighted by Gasteiger charge is 2.48. The number of Topliss-reactive ketones (excluding diaryl/α,β-unsaturated/α-hetero) is 1. The molecule has 0 unspecified atom stereocenters. The van der Waals surface area contributed by atoms with Gasteiger partial charge >= 0.3 is 5.97 Å². The number of hydrogen-bond acceptors (Lipinski definition) is 4. The Hall–Kier alpha value is -4.00. The van der Waals surface area contributed by atoms with Gasteiger partial charge in [0, 0.05) is 62.1 Å². The van der Waals surface area contributed by atoms with Crippen LogP contribution in [-0.4, -0.2) is 33.8 Å². The highest BCUT2D eigenvalue weighted by molar-refractivity contribution is 6.24. The summed E-state index contributed by atoms with van der Waals surface area (Å²) in [6.45, 7) is 15.1. The van der Waals surface area contributed by atoms with E-state index in [-0.39, 0.29) is 17.6 Å². The van der Waals surface area contributed by atoms with Gasteiger partial charge in [-0.15, -0.1) is 0 Å². The standard InChI is InChI=1S/C35H42N4O3/c1-9-12-22-18(6)25-13-23-16(4)20(10-2)27(36-23)14-24-17(5)21(11-3)28(37-24)15-26-19(7)29-33(39-26)30(32(22)38-25)31(34(29)40)35(41)42-8/h13-15,18,22,31,36-39H,9-12H2,1-8H3/b24-14-,25-13-,28-15-,32-30-/t18-,22-,31+/m0/s1. The van der Waals surface area contributed by atoms with E-state index in [4.69, 9.17) is 4.74 Å². The minimum atomic E-state index is -0.984. The molecule has 42 heavy (non-hydrogen) atoms. The SMILES string of the molecule is CCC[C@@H]1/C2=C3/c4[nH]c(c(C)c4C(=O)[C@@H]3C(=O)OC)/C=c3\[nH]/c(c(C)c3CC)=C\c3[nH]c(c(C)c3CC)/C=C(\N2)[C@H]1C. The van der Waals surface area contributed by atoms with Crippen molar-refractivity contribution < 1.29 is 14.3 Å². The van der Waals surface area contributed by atoms with Gasteiger partial charge < -0.3 is 25.0 Å². The number of aromatic nitrogens is 3. The number of H-pyrrole nitrogens is 3. The summed E-state index contributed by atoms with van der Waals surface area (Å²) < 4.78 is 5.22. The highest BCUT2D eigenvalue weighted by Crippen LogP contribution is 2.48. The van der Waals surface area contributed by atoms with Crippen molar-refractivity contribution in [1.82, 2.24) is 20.3 Å². The minimum Gasteiger partial charge on any atom is -0.468 e. The lowest BCUT2D eigenvalue weighted by atomic mass is 9.85. The second-order valence-electron chi connectivity index (χ2n) is 12.1. The van der Waals surface area contributed by atoms with E-state index in [1.54, 1.807) is 0 Å². The molecule has 0 radical (unpaired) electrons. The largest absolute Gasteiger partial charge is 0.468 e. The Balaban J connectivity index is 1.75. The molecule has 8 bridgehead atoms. The maximum absolute atomic E-state index is 14.0. The van der Waals surface area contributed by atoms with Gasteiger partial charge in [-0.25, -0.2) is 0 Å². The molecule has 0 amide bonds. The Morgan fingerprint density at radius 1 is 0.857 bits per heavy atom. The number of aromatic amines is 3. The van der Waals surface area contributed by atoms with E-state index in [1.807, 2.05) is 6.92 Å². The number of ether oxygens (including phenoxy) is 1. The van der Waals surface area contributed by atoms with Crippen molar-refractivity contribution >= 4 is 35.6 Å². The van der Waals surface area contributed by atoms with Crippen LogP contribution in [0.3, 0.4) is 0 Å². The summed E-state index contributed by atoms with van der Waals surface area (Å²) in [5, 5.41) is 5.86. The molecule has 220 valence electrons. The Labute approximate surface area is 247 Å². The van der Waals surface area contributed by atoms with Gasteiger partial charge in [0.15, 0.2) is 5.78 Å². The minimum absolute atomic E-state index is 0.140. The number of carbonyl (C=O) groups excluding carboxylic acids is 2. The maximum atomic E-state index is 14.0. The molecule has 7 heteroatoms. The van der Waals surface area contributed by atoms with Crippen molar-refractivity contribution in [3.63, 3.8) is 0 Å². The number of ketones is 1. The molecule has 6 rings (SSSR count). The van der Waals surface area contributed by atoms with Gasteiger partial charge in [0.2, 0.25) is 0 Å². The zero-order valence-corrected chi connectivity index (χ0v) is 26.0. The molecule has 3 aromatic heterocycles. The summed E-state index contributed by atoms with van der Waals surface area (Å²) in [7, 11) is 1.36. The molecule has 5 heterocycles. The quantitative estimate of drug-likeness (QED) is 0.255. The Morgan fingerprint density at radius 3 is 2.21 bits per heavy atom. The summed E-state index contributed by atoms with van der Waals surface area (Å²) in [6, 6.07) is 0. The van der Waals surface area contributed by atoms with Crippen LogP contribution in [0.4, 0.5) is 0 Å². The first-order valence-corrected chi connectivity index (χ1v) is 15.3. The molecule has 1 fully saturated rings. The lowest BCUT2D eigenvalue weighted by Crippen LogP contribution is -2.25. The fourth-order valence-corrected chi connectivity index (χ4v) is 7.54. The van der Waals surface area contributed by atoms with Gasteiger partial charge in [-0.05, 0) is 86.1 Å². The molecule has 1 saturated heterocycles. The summed E-state index contributed by atoms with van der Waals surface area (Å²) >= 11 is 0. The second-order valence-corrected chi connectivity index (χ2v) is 12.1. The molecule has 0 aromatic carbocycles. The van der Waals surface area contributed by atoms with Gasteiger partial charge in [-0.1, -0.05) is 34.1 Å². The Morgan fingerprint density at radius 2 is 1.55 bits per heavy atom. The van der Waals surface area contributed by atoms with E-state index >= 15 is 0 Å². The van der Waals surface area contributed by atoms with Crippen molar-refractivity contribution in [3.05, 3.63) is 78.2 Å². The number of carbonyl (C=O) groups is 2. The second kappa shape index (κ2) is 10.4. The Bertz CT molecular complexity index is 1820. The van der Waals surface area contributed by atoms with Crippen LogP contribution in [0.1, 0.15) is 101 Å². The molecule has 3 aliphatic rings. The third kappa shape index (κ3) is 4.00. The van der Waals surface area contributed by atoms with Gasteiger partial charge in [0.05, 0.1) is 12.8 Å². The molecule has 1 aliphatic carbocycles. The number of rotatable bonds is 5. The molecule has 0 spiro atoms. The van der Waals surface area contributed by atoms with E-state index in [0.717, 1.165) is 81.7 Å². The van der Waals surface area contributed by atoms with Crippen molar-refractivity contribution in [2.75, 3.05) is 7.11 Å². The lowest BCUT2D eigenvalue weighted by molar-refractivity contribution is -0.141. The van der Waals surface area contributed by atoms with Crippen molar-refractivity contribution in [2.45, 2.75) is 74.1 Å². The van der Waals surface area contributed by atoms with E-state index < -0.39 is 11.9 Å². The molecule has 2 aliphatic heterocycles. The average Bonchev–Trinajstić information content (AvgIpc) is 3.70. The van der Waals surface area contributed by atoms with Gasteiger partial charge in [-0.3, -0.25) is 9.59 Å². The third-order valence-corrected chi connectivity index (χ3v) is 9.91. The number of allylic oxidation sites excluding steroid dienone is 2. The van der Waals surface area contributed by atoms with Crippen LogP contribution in [0.25, 0.3) is 23.8 Å². The molecule has 3 aromatic rings. The zero-order valence-electron chi connectivity index (χ0n) is 26.0. The zero-order chi connectivity index (χ0) is 30.0. The number of fused-ring (bicyclic) bond motifs is 7. The first-order chi connectivity index (χ1) is 20.1. The van der Waals surface area contributed by atoms with Gasteiger partial charge in [0.1, 0.15) is 5.92 Å². The van der Waals surface area contributed by atoms with Gasteiger partial charge in [0.25, 0.3) is 0 Å². The molecule has 4 N–H and O–H groups in total. The summed E-state index contributed by atoms with van der Waals surface area (Å²) in [5.74, 6) is -1.37. The highest BCUT2D eigenvalue weighted by atomic mass is 16.5. The molecular formula is C35H42N4O3. The fraction of sp³-hybridized carbons (Fsp3) is 0.429. The molecule has 3 atom stereocenters. The van der Waals surface area contributed by atoms with Crippen molar-refractivity contribution in [2.24, 2.45) is 17.8 Å². The molecular weight excluding hydrogens is 524 g/mol. The molecule has 0 saturated carbocycles. The van der Waals surface area contributed by atoms with Crippen molar-refractivity contribution in [1.29, 1.82) is 0 Å². The van der Waals surface area contributed by atoms with Crippen LogP contribution in [0.5, 0.6) is 0 Å². The monoisotopic (exact) mass is 566 g/mol. The third-order valence-electron chi connectivity index (χ3n) is 9.91. The maximum Gasteiger partial charge on any atom is 0.321 e. The van der Waals surface area contributed by atoms with E-state index in [2.05, 4.69) is 80.0 Å². The summed E-state index contributed by atoms with van der Waals surface area (Å²) in [5.41, 5.74) is 13.1. The van der Waals surface area contributed by atoms with Crippen molar-refractivity contribution in [3.8, 4) is 0 Å². The van der Waals surface area contributed by atoms with Crippen LogP contribution in [-0.2, 0) is 22.4 Å². The van der Waals surface area contributed by atoms with Crippen LogP contribution in [0, 0.1) is 38.5 Å². The first-order valence-electron chi connectivity index (χ1n) is 15.3. The van der Waals surface area contributed by atoms with Crippen LogP contribution in [0.15, 0.2) is 11.4 Å². The van der Waals surface area contributed by atoms with Gasteiger partial charge in [-0.2, -0.15) is 0 Å². The lowest BCUT2D eigenvalue weighted by Gasteiger charge is -2.19. The number of esters is 1. The van der Waals surface area contributed by atoms with E-state index in [0.29, 0.717) is 5.56 Å². The summed E-state index contributed by atoms with van der Waals surface area (Å²) in [6.07, 6.45) is 10.3. The smallest absolute Gasteiger partial charge is 0.321 e. The topological polar surface area (TPSA) is 103 Å². The number of nitrogens with one attached hydrogen (secondary N) is 4. The number of methoxy groups -OCH3 is 1. The fourth-order valence-electron chi connectivity index (χ4n) is 7.54. The Kier molecular flexibility index (Phi) is 6.95. The first kappa shape index (κ1) is 28.1. The molecule has 7 nitrogen and oxygen atoms in total.